The van der Waals surface area contributed by atoms with Gasteiger partial charge in [0.05, 0.1) is 11.7 Å². The Hall–Kier alpha value is -2.25. The fourth-order valence-corrected chi connectivity index (χ4v) is 4.57. The molecule has 0 radical (unpaired) electrons. The van der Waals surface area contributed by atoms with Crippen LogP contribution in [0.25, 0.3) is 0 Å². The Bertz CT molecular complexity index is 849. The largest absolute Gasteiger partial charge is 0.359 e. The number of amides is 1. The van der Waals surface area contributed by atoms with Gasteiger partial charge in [0.1, 0.15) is 11.2 Å². The summed E-state index contributed by atoms with van der Waals surface area (Å²) in [6, 6.07) is 3.92. The van der Waals surface area contributed by atoms with Gasteiger partial charge in [0, 0.05) is 12.2 Å². The molecule has 7 heteroatoms. The number of hydrogen-bond acceptors (Lipinski definition) is 6. The van der Waals surface area contributed by atoms with Crippen molar-refractivity contribution < 1.29 is 9.59 Å². The van der Waals surface area contributed by atoms with Crippen molar-refractivity contribution >= 4 is 34.3 Å². The molecule has 0 bridgehead atoms. The lowest BCUT2D eigenvalue weighted by Crippen LogP contribution is -2.42. The number of carbonyl (C=O) groups is 2. The zero-order chi connectivity index (χ0) is 22.3. The molecule has 164 valence electrons. The molecule has 0 spiro atoms. The van der Waals surface area contributed by atoms with Gasteiger partial charge in [-0.2, -0.15) is 0 Å². The predicted octanol–water partition coefficient (Wildman–Crippen LogP) is 4.73. The number of aromatic nitrogens is 1. The van der Waals surface area contributed by atoms with Crippen LogP contribution >= 0.6 is 11.3 Å². The molecule has 2 N–H and O–H groups in total. The van der Waals surface area contributed by atoms with Gasteiger partial charge >= 0.3 is 0 Å². The molecule has 1 aromatic heterocycles. The molecule has 30 heavy (non-hydrogen) atoms. The molecule has 1 amide bonds. The van der Waals surface area contributed by atoms with Gasteiger partial charge in [0.15, 0.2) is 5.13 Å². The molecular weight excluding hydrogens is 396 g/mol. The summed E-state index contributed by atoms with van der Waals surface area (Å²) in [5.41, 5.74) is 4.80. The number of nitrogens with zero attached hydrogens (tertiary/aromatic N) is 2. The van der Waals surface area contributed by atoms with E-state index in [2.05, 4.69) is 46.5 Å². The molecule has 1 unspecified atom stereocenters. The van der Waals surface area contributed by atoms with Crippen LogP contribution < -0.4 is 10.6 Å². The van der Waals surface area contributed by atoms with Crippen LogP contribution in [0.15, 0.2) is 12.1 Å². The van der Waals surface area contributed by atoms with Gasteiger partial charge < -0.3 is 15.4 Å². The van der Waals surface area contributed by atoms with Crippen LogP contribution in [-0.2, 0) is 4.79 Å². The van der Waals surface area contributed by atoms with E-state index in [9.17, 15) is 9.59 Å². The van der Waals surface area contributed by atoms with E-state index in [0.717, 1.165) is 49.0 Å². The van der Waals surface area contributed by atoms with Crippen molar-refractivity contribution in [1.29, 1.82) is 0 Å². The van der Waals surface area contributed by atoms with Gasteiger partial charge in [-0.15, -0.1) is 0 Å². The fourth-order valence-electron chi connectivity index (χ4n) is 3.70. The number of thiazole rings is 1. The van der Waals surface area contributed by atoms with E-state index in [0.29, 0.717) is 22.2 Å². The minimum Gasteiger partial charge on any atom is -0.359 e. The fraction of sp³-hybridized carbons (Fsp3) is 0.522. The van der Waals surface area contributed by atoms with Gasteiger partial charge in [0.25, 0.3) is 5.91 Å². The lowest BCUT2D eigenvalue weighted by atomic mass is 10.1. The lowest BCUT2D eigenvalue weighted by Gasteiger charge is -2.27. The van der Waals surface area contributed by atoms with E-state index in [1.807, 2.05) is 27.7 Å². The highest BCUT2D eigenvalue weighted by Crippen LogP contribution is 2.27. The van der Waals surface area contributed by atoms with Crippen LogP contribution in [-0.4, -0.2) is 47.8 Å². The standard InChI is InChI=1S/C23H34N4O2S/c1-7-9-27(10-8-2)19(14-28)13-24-23-25-18(6)21(30-23)22(29)26-20-16(4)11-15(3)12-17(20)5/h11-12,14,19H,7-10,13H2,1-6H3,(H,24,25)(H,26,29). The first-order valence-electron chi connectivity index (χ1n) is 10.6. The second-order valence-corrected chi connectivity index (χ2v) is 8.78. The molecule has 6 nitrogen and oxygen atoms in total. The molecule has 0 aliphatic rings. The van der Waals surface area contributed by atoms with Crippen molar-refractivity contribution in [2.75, 3.05) is 30.3 Å². The molecule has 0 fully saturated rings. The summed E-state index contributed by atoms with van der Waals surface area (Å²) in [5, 5.41) is 6.96. The Kier molecular flexibility index (Phi) is 8.99. The van der Waals surface area contributed by atoms with Gasteiger partial charge in [0.2, 0.25) is 0 Å². The Balaban J connectivity index is 2.09. The Morgan fingerprint density at radius 1 is 1.13 bits per heavy atom. The van der Waals surface area contributed by atoms with Crippen LogP contribution in [0.2, 0.25) is 0 Å². The average Bonchev–Trinajstić information content (AvgIpc) is 3.06. The maximum absolute atomic E-state index is 12.9. The van der Waals surface area contributed by atoms with E-state index < -0.39 is 0 Å². The Morgan fingerprint density at radius 2 is 1.73 bits per heavy atom. The first-order valence-corrected chi connectivity index (χ1v) is 11.4. The van der Waals surface area contributed by atoms with E-state index >= 15 is 0 Å². The zero-order valence-corrected chi connectivity index (χ0v) is 19.8. The summed E-state index contributed by atoms with van der Waals surface area (Å²) in [6.45, 7) is 14.4. The average molecular weight is 431 g/mol. The second-order valence-electron chi connectivity index (χ2n) is 7.78. The predicted molar refractivity (Wildman–Crippen MR) is 126 cm³/mol. The molecule has 1 heterocycles. The Morgan fingerprint density at radius 3 is 2.27 bits per heavy atom. The minimum absolute atomic E-state index is 0.154. The Labute approximate surface area is 184 Å². The number of anilines is 2. The molecule has 0 aliphatic carbocycles. The molecule has 0 saturated heterocycles. The first-order chi connectivity index (χ1) is 14.3. The third kappa shape index (κ3) is 6.12. The van der Waals surface area contributed by atoms with Gasteiger partial charge in [-0.1, -0.05) is 42.9 Å². The normalized spacial score (nSPS) is 12.1. The van der Waals surface area contributed by atoms with Crippen LogP contribution in [0.4, 0.5) is 10.8 Å². The molecule has 0 saturated carbocycles. The maximum Gasteiger partial charge on any atom is 0.267 e. The van der Waals surface area contributed by atoms with Crippen molar-refractivity contribution in [3.63, 3.8) is 0 Å². The number of aldehydes is 1. The molecule has 1 atom stereocenters. The molecule has 2 aromatic rings. The lowest BCUT2D eigenvalue weighted by molar-refractivity contribution is -0.112. The summed E-state index contributed by atoms with van der Waals surface area (Å²) >= 11 is 1.32. The number of nitrogens with one attached hydrogen (secondary N) is 2. The number of aryl methyl sites for hydroxylation is 4. The zero-order valence-electron chi connectivity index (χ0n) is 19.0. The third-order valence-corrected chi connectivity index (χ3v) is 6.14. The SMILES string of the molecule is CCCN(CCC)C(C=O)CNc1nc(C)c(C(=O)Nc2c(C)cc(C)cc2C)s1. The van der Waals surface area contributed by atoms with Crippen molar-refractivity contribution in [2.24, 2.45) is 0 Å². The topological polar surface area (TPSA) is 74.3 Å². The quantitative estimate of drug-likeness (QED) is 0.504. The van der Waals surface area contributed by atoms with Crippen LogP contribution in [0.5, 0.6) is 0 Å². The molecule has 2 rings (SSSR count). The number of benzene rings is 1. The van der Waals surface area contributed by atoms with Crippen molar-refractivity contribution in [2.45, 2.75) is 60.4 Å². The van der Waals surface area contributed by atoms with Crippen LogP contribution in [0.3, 0.4) is 0 Å². The van der Waals surface area contributed by atoms with Crippen molar-refractivity contribution in [1.82, 2.24) is 9.88 Å². The monoisotopic (exact) mass is 430 g/mol. The number of carbonyl (C=O) groups excluding carboxylic acids is 2. The van der Waals surface area contributed by atoms with Crippen molar-refractivity contribution in [3.05, 3.63) is 39.4 Å². The van der Waals surface area contributed by atoms with E-state index in [4.69, 9.17) is 0 Å². The number of rotatable bonds is 11. The first kappa shape index (κ1) is 24.0. The smallest absolute Gasteiger partial charge is 0.267 e. The summed E-state index contributed by atoms with van der Waals surface area (Å²) in [7, 11) is 0. The molecular formula is C23H34N4O2S. The van der Waals surface area contributed by atoms with Crippen LogP contribution in [0.1, 0.15) is 58.7 Å². The molecule has 0 aliphatic heterocycles. The number of hydrogen-bond donors (Lipinski definition) is 2. The van der Waals surface area contributed by atoms with Crippen molar-refractivity contribution in [3.8, 4) is 0 Å². The van der Waals surface area contributed by atoms with Crippen LogP contribution in [0, 0.1) is 27.7 Å². The maximum atomic E-state index is 12.9. The highest BCUT2D eigenvalue weighted by atomic mass is 32.1. The highest BCUT2D eigenvalue weighted by molar-refractivity contribution is 7.17. The summed E-state index contributed by atoms with van der Waals surface area (Å²) in [4.78, 5) is 31.8. The van der Waals surface area contributed by atoms with E-state index in [-0.39, 0.29) is 11.9 Å². The summed E-state index contributed by atoms with van der Waals surface area (Å²) in [6.07, 6.45) is 3.00. The van der Waals surface area contributed by atoms with E-state index in [1.54, 1.807) is 0 Å². The minimum atomic E-state index is -0.204. The highest BCUT2D eigenvalue weighted by Gasteiger charge is 2.20. The van der Waals surface area contributed by atoms with E-state index in [1.165, 1.54) is 16.9 Å². The van der Waals surface area contributed by atoms with Gasteiger partial charge in [-0.05, 0) is 64.8 Å². The van der Waals surface area contributed by atoms with Gasteiger partial charge in [-0.3, -0.25) is 9.69 Å². The van der Waals surface area contributed by atoms with Gasteiger partial charge in [-0.25, -0.2) is 4.98 Å². The summed E-state index contributed by atoms with van der Waals surface area (Å²) in [5.74, 6) is -0.154. The second kappa shape index (κ2) is 11.2. The molecule has 1 aromatic carbocycles. The summed E-state index contributed by atoms with van der Waals surface area (Å²) < 4.78 is 0. The third-order valence-electron chi connectivity index (χ3n) is 5.03.